The van der Waals surface area contributed by atoms with Gasteiger partial charge in [0.25, 0.3) is 5.91 Å². The monoisotopic (exact) mass is 270 g/mol. The summed E-state index contributed by atoms with van der Waals surface area (Å²) in [5.41, 5.74) is 4.34. The predicted octanol–water partition coefficient (Wildman–Crippen LogP) is 1.87. The zero-order valence-electron chi connectivity index (χ0n) is 10.4. The first-order valence-electron chi connectivity index (χ1n) is 5.78. The molecule has 0 saturated heterocycles. The van der Waals surface area contributed by atoms with Gasteiger partial charge in [0.05, 0.1) is 18.9 Å². The summed E-state index contributed by atoms with van der Waals surface area (Å²) in [7, 11) is 0. The van der Waals surface area contributed by atoms with Gasteiger partial charge in [-0.3, -0.25) is 4.79 Å². The normalized spacial score (nSPS) is 10.2. The molecule has 0 fully saturated rings. The van der Waals surface area contributed by atoms with Crippen molar-refractivity contribution >= 4 is 11.6 Å². The van der Waals surface area contributed by atoms with Crippen LogP contribution in [0, 0.1) is 11.6 Å². The standard InChI is InChI=1S/C13H16F2N2O2/c1-2-3-7-19-8-6-17-13(18)11-9(14)4-5-10(16)12(11)15/h2,4-5H,1,3,6-8,16H2,(H,17,18). The zero-order valence-corrected chi connectivity index (χ0v) is 10.4. The van der Waals surface area contributed by atoms with Crippen molar-refractivity contribution in [3.8, 4) is 0 Å². The fourth-order valence-electron chi connectivity index (χ4n) is 1.37. The molecule has 4 nitrogen and oxygen atoms in total. The van der Waals surface area contributed by atoms with Crippen LogP contribution in [-0.4, -0.2) is 25.7 Å². The molecule has 6 heteroatoms. The Kier molecular flexibility index (Phi) is 5.95. The topological polar surface area (TPSA) is 64.3 Å². The van der Waals surface area contributed by atoms with Crippen molar-refractivity contribution < 1.29 is 18.3 Å². The Morgan fingerprint density at radius 1 is 1.42 bits per heavy atom. The molecule has 0 aliphatic carbocycles. The van der Waals surface area contributed by atoms with Gasteiger partial charge in [-0.2, -0.15) is 0 Å². The summed E-state index contributed by atoms with van der Waals surface area (Å²) >= 11 is 0. The van der Waals surface area contributed by atoms with E-state index in [2.05, 4.69) is 11.9 Å². The molecule has 19 heavy (non-hydrogen) atoms. The maximum atomic E-state index is 13.5. The van der Waals surface area contributed by atoms with E-state index in [0.29, 0.717) is 13.0 Å². The van der Waals surface area contributed by atoms with E-state index in [9.17, 15) is 13.6 Å². The summed E-state index contributed by atoms with van der Waals surface area (Å²) in [6, 6.07) is 2.02. The Morgan fingerprint density at radius 3 is 2.84 bits per heavy atom. The van der Waals surface area contributed by atoms with Gasteiger partial charge in [0, 0.05) is 6.54 Å². The SMILES string of the molecule is C=CCCOCCNC(=O)c1c(F)ccc(N)c1F. The van der Waals surface area contributed by atoms with Crippen LogP contribution in [0.1, 0.15) is 16.8 Å². The van der Waals surface area contributed by atoms with Crippen molar-refractivity contribution in [2.45, 2.75) is 6.42 Å². The smallest absolute Gasteiger partial charge is 0.257 e. The van der Waals surface area contributed by atoms with E-state index >= 15 is 0 Å². The molecule has 0 aliphatic rings. The zero-order chi connectivity index (χ0) is 14.3. The highest BCUT2D eigenvalue weighted by Crippen LogP contribution is 2.18. The molecule has 0 aliphatic heterocycles. The Labute approximate surface area is 110 Å². The van der Waals surface area contributed by atoms with E-state index in [1.807, 2.05) is 0 Å². The number of amides is 1. The van der Waals surface area contributed by atoms with Gasteiger partial charge in [0.15, 0.2) is 5.82 Å². The van der Waals surface area contributed by atoms with Crippen LogP contribution in [-0.2, 0) is 4.74 Å². The number of halogens is 2. The molecule has 0 saturated carbocycles. The summed E-state index contributed by atoms with van der Waals surface area (Å²) in [6.07, 6.45) is 2.41. The second-order valence-corrected chi connectivity index (χ2v) is 3.77. The highest BCUT2D eigenvalue weighted by molar-refractivity contribution is 5.95. The molecule has 1 amide bonds. The summed E-state index contributed by atoms with van der Waals surface area (Å²) < 4.78 is 32.0. The van der Waals surface area contributed by atoms with E-state index in [1.165, 1.54) is 0 Å². The van der Waals surface area contributed by atoms with Crippen molar-refractivity contribution in [2.75, 3.05) is 25.5 Å². The molecule has 0 spiro atoms. The number of ether oxygens (including phenoxy) is 1. The molecule has 0 atom stereocenters. The summed E-state index contributed by atoms with van der Waals surface area (Å²) in [5, 5.41) is 2.36. The summed E-state index contributed by atoms with van der Waals surface area (Å²) in [4.78, 5) is 11.6. The Hall–Kier alpha value is -1.95. The van der Waals surface area contributed by atoms with Crippen LogP contribution in [0.2, 0.25) is 0 Å². The van der Waals surface area contributed by atoms with Crippen LogP contribution in [0.25, 0.3) is 0 Å². The van der Waals surface area contributed by atoms with Gasteiger partial charge in [0.1, 0.15) is 11.4 Å². The molecule has 0 aromatic heterocycles. The van der Waals surface area contributed by atoms with E-state index in [0.717, 1.165) is 12.1 Å². The van der Waals surface area contributed by atoms with Crippen molar-refractivity contribution in [1.29, 1.82) is 0 Å². The number of rotatable bonds is 7. The predicted molar refractivity (Wildman–Crippen MR) is 68.7 cm³/mol. The number of carbonyl (C=O) groups is 1. The number of nitrogen functional groups attached to an aromatic ring is 1. The number of hydrogen-bond donors (Lipinski definition) is 2. The van der Waals surface area contributed by atoms with Crippen molar-refractivity contribution in [3.63, 3.8) is 0 Å². The van der Waals surface area contributed by atoms with E-state index in [4.69, 9.17) is 10.5 Å². The van der Waals surface area contributed by atoms with Crippen LogP contribution in [0.4, 0.5) is 14.5 Å². The Morgan fingerprint density at radius 2 is 2.16 bits per heavy atom. The molecule has 3 N–H and O–H groups in total. The number of anilines is 1. The maximum Gasteiger partial charge on any atom is 0.257 e. The minimum absolute atomic E-state index is 0.156. The largest absolute Gasteiger partial charge is 0.396 e. The molecule has 0 unspecified atom stereocenters. The van der Waals surface area contributed by atoms with Gasteiger partial charge in [-0.25, -0.2) is 8.78 Å². The lowest BCUT2D eigenvalue weighted by Gasteiger charge is -2.08. The molecule has 0 radical (unpaired) electrons. The summed E-state index contributed by atoms with van der Waals surface area (Å²) in [6.45, 7) is 4.43. The molecule has 1 aromatic rings. The minimum atomic E-state index is -1.05. The van der Waals surface area contributed by atoms with Crippen molar-refractivity contribution in [1.82, 2.24) is 5.32 Å². The number of carbonyl (C=O) groups excluding carboxylic acids is 1. The first-order chi connectivity index (χ1) is 9.07. The third-order valence-electron chi connectivity index (χ3n) is 2.35. The minimum Gasteiger partial charge on any atom is -0.396 e. The first kappa shape index (κ1) is 15.1. The Bertz CT molecular complexity index is 464. The maximum absolute atomic E-state index is 13.5. The molecular formula is C13H16F2N2O2. The van der Waals surface area contributed by atoms with E-state index in [-0.39, 0.29) is 18.8 Å². The highest BCUT2D eigenvalue weighted by Gasteiger charge is 2.18. The fourth-order valence-corrected chi connectivity index (χ4v) is 1.37. The third kappa shape index (κ3) is 4.33. The van der Waals surface area contributed by atoms with Gasteiger partial charge in [-0.05, 0) is 18.6 Å². The summed E-state index contributed by atoms with van der Waals surface area (Å²) in [5.74, 6) is -2.85. The number of hydrogen-bond acceptors (Lipinski definition) is 3. The van der Waals surface area contributed by atoms with Gasteiger partial charge >= 0.3 is 0 Å². The first-order valence-corrected chi connectivity index (χ1v) is 5.78. The highest BCUT2D eigenvalue weighted by atomic mass is 19.1. The van der Waals surface area contributed by atoms with Crippen LogP contribution < -0.4 is 11.1 Å². The molecule has 1 rings (SSSR count). The molecule has 1 aromatic carbocycles. The number of nitrogens with two attached hydrogens (primary N) is 1. The van der Waals surface area contributed by atoms with Gasteiger partial charge in [-0.15, -0.1) is 6.58 Å². The second kappa shape index (κ2) is 7.48. The lowest BCUT2D eigenvalue weighted by molar-refractivity contribution is 0.0910. The van der Waals surface area contributed by atoms with Gasteiger partial charge in [-0.1, -0.05) is 6.08 Å². The second-order valence-electron chi connectivity index (χ2n) is 3.77. The average molecular weight is 270 g/mol. The van der Waals surface area contributed by atoms with Gasteiger partial charge in [0.2, 0.25) is 0 Å². The molecule has 0 bridgehead atoms. The number of benzene rings is 1. The molecular weight excluding hydrogens is 254 g/mol. The lowest BCUT2D eigenvalue weighted by Crippen LogP contribution is -2.29. The fraction of sp³-hybridized carbons (Fsp3) is 0.308. The van der Waals surface area contributed by atoms with Crippen LogP contribution >= 0.6 is 0 Å². The van der Waals surface area contributed by atoms with Crippen LogP contribution in [0.3, 0.4) is 0 Å². The number of nitrogens with one attached hydrogen (secondary N) is 1. The van der Waals surface area contributed by atoms with Crippen molar-refractivity contribution in [2.24, 2.45) is 0 Å². The molecule has 104 valence electrons. The average Bonchev–Trinajstić information content (AvgIpc) is 2.38. The third-order valence-corrected chi connectivity index (χ3v) is 2.35. The quantitative estimate of drug-likeness (QED) is 0.451. The van der Waals surface area contributed by atoms with Gasteiger partial charge < -0.3 is 15.8 Å². The van der Waals surface area contributed by atoms with E-state index < -0.39 is 23.1 Å². The van der Waals surface area contributed by atoms with Crippen LogP contribution in [0.5, 0.6) is 0 Å². The molecule has 0 heterocycles. The lowest BCUT2D eigenvalue weighted by atomic mass is 10.1. The van der Waals surface area contributed by atoms with Crippen molar-refractivity contribution in [3.05, 3.63) is 42.0 Å². The van der Waals surface area contributed by atoms with E-state index in [1.54, 1.807) is 6.08 Å². The van der Waals surface area contributed by atoms with Crippen LogP contribution in [0.15, 0.2) is 24.8 Å². The Balaban J connectivity index is 2.50.